The molecule has 13 heavy (non-hydrogen) atoms. The Balaban J connectivity index is 0.000000671. The van der Waals surface area contributed by atoms with Gasteiger partial charge in [0.25, 0.3) is 0 Å². The molecule has 1 aliphatic rings. The van der Waals surface area contributed by atoms with Crippen LogP contribution in [0.1, 0.15) is 33.6 Å². The average Bonchev–Trinajstić information content (AvgIpc) is 2.21. The van der Waals surface area contributed by atoms with Crippen LogP contribution < -0.4 is 0 Å². The van der Waals surface area contributed by atoms with E-state index in [0.717, 1.165) is 32.5 Å². The Kier molecular flexibility index (Phi) is 6.59. The Hall–Kier alpha value is -0.570. The normalized spacial score (nSPS) is 23.2. The molecule has 78 valence electrons. The first-order chi connectivity index (χ1) is 6.24. The molecule has 0 radical (unpaired) electrons. The first kappa shape index (κ1) is 12.4. The van der Waals surface area contributed by atoms with Crippen LogP contribution in [0, 0.1) is 5.92 Å². The fourth-order valence-electron chi connectivity index (χ4n) is 1.54. The highest BCUT2D eigenvalue weighted by Gasteiger charge is 2.23. The third-order valence-electron chi connectivity index (χ3n) is 2.30. The lowest BCUT2D eigenvalue weighted by Gasteiger charge is -2.29. The molecule has 3 heteroatoms. The lowest BCUT2D eigenvalue weighted by molar-refractivity contribution is -0.143. The minimum atomic E-state index is -0.636. The number of nitrogens with zero attached hydrogens (tertiary/aromatic N) is 1. The summed E-state index contributed by atoms with van der Waals surface area (Å²) in [7, 11) is 0. The van der Waals surface area contributed by atoms with Crippen molar-refractivity contribution in [2.24, 2.45) is 5.92 Å². The highest BCUT2D eigenvalue weighted by molar-refractivity contribution is 5.70. The first-order valence-electron chi connectivity index (χ1n) is 5.19. The summed E-state index contributed by atoms with van der Waals surface area (Å²) in [4.78, 5) is 12.8. The Labute approximate surface area is 80.7 Å². The number of carboxylic acids is 1. The summed E-state index contributed by atoms with van der Waals surface area (Å²) in [5, 5.41) is 8.72. The number of likely N-dealkylation sites (tertiary alicyclic amines) is 1. The van der Waals surface area contributed by atoms with Crippen LogP contribution in [0.25, 0.3) is 0 Å². The van der Waals surface area contributed by atoms with E-state index in [1.165, 1.54) is 0 Å². The summed E-state index contributed by atoms with van der Waals surface area (Å²) in [6.07, 6.45) is 1.89. The molecule has 0 bridgehead atoms. The molecule has 0 aliphatic carbocycles. The molecule has 1 N–H and O–H groups in total. The predicted octanol–water partition coefficient (Wildman–Crippen LogP) is 1.83. The van der Waals surface area contributed by atoms with Crippen molar-refractivity contribution in [1.82, 2.24) is 4.90 Å². The quantitative estimate of drug-likeness (QED) is 0.717. The lowest BCUT2D eigenvalue weighted by Crippen LogP contribution is -2.38. The molecule has 0 aromatic heterocycles. The van der Waals surface area contributed by atoms with Gasteiger partial charge in [0.2, 0.25) is 0 Å². The van der Waals surface area contributed by atoms with E-state index >= 15 is 0 Å². The van der Waals surface area contributed by atoms with Crippen LogP contribution in [0.15, 0.2) is 0 Å². The zero-order valence-corrected chi connectivity index (χ0v) is 8.92. The predicted molar refractivity (Wildman–Crippen MR) is 53.8 cm³/mol. The molecule has 1 aliphatic heterocycles. The Morgan fingerprint density at radius 2 is 2.15 bits per heavy atom. The third kappa shape index (κ3) is 4.27. The molecule has 0 saturated carbocycles. The van der Waals surface area contributed by atoms with Crippen molar-refractivity contribution in [3.05, 3.63) is 0 Å². The molecule has 1 atom stereocenters. The number of carboxylic acid groups (broad SMARTS) is 1. The summed E-state index contributed by atoms with van der Waals surface area (Å²) in [6, 6.07) is 0. The minimum absolute atomic E-state index is 0.122. The molecule has 1 heterocycles. The van der Waals surface area contributed by atoms with Crippen LogP contribution in [-0.4, -0.2) is 35.6 Å². The number of carbonyl (C=O) groups is 1. The van der Waals surface area contributed by atoms with Crippen LogP contribution in [0.4, 0.5) is 0 Å². The van der Waals surface area contributed by atoms with Crippen LogP contribution in [0.5, 0.6) is 0 Å². The second kappa shape index (κ2) is 6.89. The van der Waals surface area contributed by atoms with E-state index in [9.17, 15) is 4.79 Å². The van der Waals surface area contributed by atoms with Gasteiger partial charge in [0.05, 0.1) is 5.92 Å². The van der Waals surface area contributed by atoms with E-state index in [-0.39, 0.29) is 5.92 Å². The van der Waals surface area contributed by atoms with E-state index in [1.807, 2.05) is 13.8 Å². The number of piperidine rings is 1. The van der Waals surface area contributed by atoms with E-state index in [0.29, 0.717) is 0 Å². The van der Waals surface area contributed by atoms with Gasteiger partial charge < -0.3 is 10.0 Å². The summed E-state index contributed by atoms with van der Waals surface area (Å²) in [6.45, 7) is 8.86. The van der Waals surface area contributed by atoms with Crippen molar-refractivity contribution in [2.75, 3.05) is 19.6 Å². The van der Waals surface area contributed by atoms with Crippen LogP contribution in [0.2, 0.25) is 0 Å². The summed E-state index contributed by atoms with van der Waals surface area (Å²) >= 11 is 0. The highest BCUT2D eigenvalue weighted by Crippen LogP contribution is 2.15. The maximum absolute atomic E-state index is 10.6. The summed E-state index contributed by atoms with van der Waals surface area (Å²) in [5.41, 5.74) is 0. The largest absolute Gasteiger partial charge is 0.481 e. The molecule has 0 aromatic carbocycles. The zero-order chi connectivity index (χ0) is 10.3. The van der Waals surface area contributed by atoms with Crippen molar-refractivity contribution in [1.29, 1.82) is 0 Å². The van der Waals surface area contributed by atoms with E-state index in [2.05, 4.69) is 11.8 Å². The highest BCUT2D eigenvalue weighted by atomic mass is 16.4. The van der Waals surface area contributed by atoms with E-state index < -0.39 is 5.97 Å². The minimum Gasteiger partial charge on any atom is -0.481 e. The molecule has 1 unspecified atom stereocenters. The fourth-order valence-corrected chi connectivity index (χ4v) is 1.54. The average molecular weight is 187 g/mol. The Bertz CT molecular complexity index is 148. The molecule has 1 rings (SSSR count). The van der Waals surface area contributed by atoms with Gasteiger partial charge in [-0.15, -0.1) is 0 Å². The van der Waals surface area contributed by atoms with Crippen molar-refractivity contribution < 1.29 is 9.90 Å². The van der Waals surface area contributed by atoms with Crippen molar-refractivity contribution in [3.8, 4) is 0 Å². The standard InChI is InChI=1S/C8H15NO2.C2H6/c1-2-9-5-3-4-7(6-9)8(10)11;1-2/h7H,2-6H2,1H3,(H,10,11);1-2H3. The van der Waals surface area contributed by atoms with Gasteiger partial charge in [-0.3, -0.25) is 4.79 Å². The maximum atomic E-state index is 10.6. The molecule has 1 saturated heterocycles. The van der Waals surface area contributed by atoms with Crippen molar-refractivity contribution in [3.63, 3.8) is 0 Å². The van der Waals surface area contributed by atoms with E-state index in [1.54, 1.807) is 0 Å². The molecule has 3 nitrogen and oxygen atoms in total. The number of rotatable bonds is 2. The first-order valence-corrected chi connectivity index (χ1v) is 5.19. The fraction of sp³-hybridized carbons (Fsp3) is 0.900. The van der Waals surface area contributed by atoms with Gasteiger partial charge >= 0.3 is 5.97 Å². The molecule has 1 fully saturated rings. The van der Waals surface area contributed by atoms with Gasteiger partial charge in [0, 0.05) is 6.54 Å². The smallest absolute Gasteiger partial charge is 0.307 e. The van der Waals surface area contributed by atoms with Gasteiger partial charge in [0.1, 0.15) is 0 Å². The zero-order valence-electron chi connectivity index (χ0n) is 8.92. The second-order valence-electron chi connectivity index (χ2n) is 3.07. The van der Waals surface area contributed by atoms with Gasteiger partial charge in [-0.05, 0) is 25.9 Å². The topological polar surface area (TPSA) is 40.5 Å². The van der Waals surface area contributed by atoms with Crippen LogP contribution >= 0.6 is 0 Å². The maximum Gasteiger partial charge on any atom is 0.307 e. The van der Waals surface area contributed by atoms with Crippen LogP contribution in [-0.2, 0) is 4.79 Å². The third-order valence-corrected chi connectivity index (χ3v) is 2.30. The monoisotopic (exact) mass is 187 g/mol. The molecule has 0 amide bonds. The van der Waals surface area contributed by atoms with Gasteiger partial charge in [-0.1, -0.05) is 20.8 Å². The number of hydrogen-bond acceptors (Lipinski definition) is 2. The van der Waals surface area contributed by atoms with Crippen LogP contribution in [0.3, 0.4) is 0 Å². The molecule has 0 aromatic rings. The van der Waals surface area contributed by atoms with E-state index in [4.69, 9.17) is 5.11 Å². The molecular weight excluding hydrogens is 166 g/mol. The summed E-state index contributed by atoms with van der Waals surface area (Å²) < 4.78 is 0. The van der Waals surface area contributed by atoms with Crippen molar-refractivity contribution >= 4 is 5.97 Å². The molecular formula is C10H21NO2. The van der Waals surface area contributed by atoms with Crippen molar-refractivity contribution in [2.45, 2.75) is 33.6 Å². The number of aliphatic carboxylic acids is 1. The van der Waals surface area contributed by atoms with Gasteiger partial charge in [-0.25, -0.2) is 0 Å². The molecule has 0 spiro atoms. The lowest BCUT2D eigenvalue weighted by atomic mass is 9.98. The second-order valence-corrected chi connectivity index (χ2v) is 3.07. The number of hydrogen-bond donors (Lipinski definition) is 1. The van der Waals surface area contributed by atoms with Gasteiger partial charge in [0.15, 0.2) is 0 Å². The Morgan fingerprint density at radius 3 is 2.62 bits per heavy atom. The SMILES string of the molecule is CC.CCN1CCCC(C(=O)O)C1. The van der Waals surface area contributed by atoms with Gasteiger partial charge in [-0.2, -0.15) is 0 Å². The Morgan fingerprint density at radius 1 is 1.54 bits per heavy atom. The summed E-state index contributed by atoms with van der Waals surface area (Å²) in [5.74, 6) is -0.758.